The zero-order chi connectivity index (χ0) is 14.7. The quantitative estimate of drug-likeness (QED) is 0.767. The number of nitrogens with zero attached hydrogens (tertiary/aromatic N) is 1. The molecule has 0 bridgehead atoms. The highest BCUT2D eigenvalue weighted by molar-refractivity contribution is 5.84. The lowest BCUT2D eigenvalue weighted by atomic mass is 10.1. The van der Waals surface area contributed by atoms with Gasteiger partial charge in [0.05, 0.1) is 0 Å². The van der Waals surface area contributed by atoms with Crippen molar-refractivity contribution < 1.29 is 4.74 Å². The van der Waals surface area contributed by atoms with Gasteiger partial charge in [-0.3, -0.25) is 4.98 Å². The van der Waals surface area contributed by atoms with Crippen molar-refractivity contribution in [3.05, 3.63) is 66.4 Å². The first-order valence-corrected chi connectivity index (χ1v) is 7.15. The molecule has 0 saturated carbocycles. The Morgan fingerprint density at radius 1 is 1.05 bits per heavy atom. The Morgan fingerprint density at radius 2 is 1.81 bits per heavy atom. The maximum atomic E-state index is 6.02. The third kappa shape index (κ3) is 2.88. The van der Waals surface area contributed by atoms with Crippen molar-refractivity contribution in [2.24, 2.45) is 5.73 Å². The first-order chi connectivity index (χ1) is 10.3. The van der Waals surface area contributed by atoms with Gasteiger partial charge in [0.25, 0.3) is 0 Å². The van der Waals surface area contributed by atoms with E-state index in [4.69, 9.17) is 10.5 Å². The topological polar surface area (TPSA) is 48.1 Å². The fourth-order valence-corrected chi connectivity index (χ4v) is 2.30. The van der Waals surface area contributed by atoms with E-state index in [1.807, 2.05) is 54.6 Å². The number of nitrogens with two attached hydrogens (primary N) is 1. The summed E-state index contributed by atoms with van der Waals surface area (Å²) in [5, 5.41) is 1.07. The number of pyridine rings is 1. The van der Waals surface area contributed by atoms with Gasteiger partial charge in [-0.05, 0) is 36.2 Å². The minimum atomic E-state index is 0.0817. The Hall–Kier alpha value is -2.39. The molecular formula is C18H18N2O. The summed E-state index contributed by atoms with van der Waals surface area (Å²) < 4.78 is 5.96. The lowest BCUT2D eigenvalue weighted by molar-refractivity contribution is 0.486. The highest BCUT2D eigenvalue weighted by atomic mass is 16.5. The van der Waals surface area contributed by atoms with E-state index in [0.29, 0.717) is 0 Å². The van der Waals surface area contributed by atoms with E-state index in [1.54, 1.807) is 6.20 Å². The van der Waals surface area contributed by atoms with Gasteiger partial charge in [0.15, 0.2) is 5.75 Å². The summed E-state index contributed by atoms with van der Waals surface area (Å²) in [4.78, 5) is 4.39. The second kappa shape index (κ2) is 5.94. The fourth-order valence-electron chi connectivity index (χ4n) is 2.30. The van der Waals surface area contributed by atoms with Crippen LogP contribution in [0, 0.1) is 0 Å². The Balaban J connectivity index is 1.88. The van der Waals surface area contributed by atoms with Gasteiger partial charge in [-0.1, -0.05) is 37.3 Å². The van der Waals surface area contributed by atoms with Gasteiger partial charge in [0.1, 0.15) is 11.3 Å². The van der Waals surface area contributed by atoms with Crippen molar-refractivity contribution in [3.63, 3.8) is 0 Å². The van der Waals surface area contributed by atoms with Crippen LogP contribution in [0.2, 0.25) is 0 Å². The first kappa shape index (κ1) is 13.6. The van der Waals surface area contributed by atoms with Crippen molar-refractivity contribution in [2.75, 3.05) is 0 Å². The summed E-state index contributed by atoms with van der Waals surface area (Å²) >= 11 is 0. The van der Waals surface area contributed by atoms with Crippen LogP contribution in [0.4, 0.5) is 0 Å². The number of rotatable bonds is 4. The van der Waals surface area contributed by atoms with Gasteiger partial charge in [-0.2, -0.15) is 0 Å². The average molecular weight is 278 g/mol. The zero-order valence-corrected chi connectivity index (χ0v) is 12.0. The monoisotopic (exact) mass is 278 g/mol. The Morgan fingerprint density at radius 3 is 2.57 bits per heavy atom. The number of aromatic nitrogens is 1. The van der Waals surface area contributed by atoms with Crippen molar-refractivity contribution in [3.8, 4) is 11.5 Å². The van der Waals surface area contributed by atoms with E-state index in [0.717, 1.165) is 34.4 Å². The van der Waals surface area contributed by atoms with Crippen molar-refractivity contribution >= 4 is 10.9 Å². The van der Waals surface area contributed by atoms with E-state index >= 15 is 0 Å². The highest BCUT2D eigenvalue weighted by Gasteiger charge is 2.06. The number of hydrogen-bond acceptors (Lipinski definition) is 3. The molecule has 3 aromatic rings. The average Bonchev–Trinajstić information content (AvgIpc) is 2.55. The van der Waals surface area contributed by atoms with Crippen molar-refractivity contribution in [1.29, 1.82) is 0 Å². The normalized spacial score (nSPS) is 12.3. The molecule has 0 spiro atoms. The maximum Gasteiger partial charge on any atom is 0.153 e. The van der Waals surface area contributed by atoms with Gasteiger partial charge in [0, 0.05) is 17.6 Å². The molecule has 1 atom stereocenters. The summed E-state index contributed by atoms with van der Waals surface area (Å²) in [6.45, 7) is 2.08. The third-order valence-corrected chi connectivity index (χ3v) is 3.57. The van der Waals surface area contributed by atoms with Gasteiger partial charge in [-0.25, -0.2) is 0 Å². The second-order valence-corrected chi connectivity index (χ2v) is 5.02. The summed E-state index contributed by atoms with van der Waals surface area (Å²) in [5.41, 5.74) is 8.02. The fraction of sp³-hybridized carbons (Fsp3) is 0.167. The summed E-state index contributed by atoms with van der Waals surface area (Å²) in [5.74, 6) is 1.56. The molecular weight excluding hydrogens is 260 g/mol. The predicted octanol–water partition coefficient (Wildman–Crippen LogP) is 4.44. The van der Waals surface area contributed by atoms with Crippen LogP contribution in [0.15, 0.2) is 60.8 Å². The van der Waals surface area contributed by atoms with E-state index in [-0.39, 0.29) is 6.04 Å². The lowest BCUT2D eigenvalue weighted by Crippen LogP contribution is -2.08. The van der Waals surface area contributed by atoms with E-state index in [2.05, 4.69) is 11.9 Å². The molecule has 1 heterocycles. The van der Waals surface area contributed by atoms with Crippen LogP contribution in [0.1, 0.15) is 24.9 Å². The SMILES string of the molecule is CC[C@H](N)c1ccc(Oc2cccc3cccnc23)cc1. The Bertz CT molecular complexity index is 732. The van der Waals surface area contributed by atoms with Crippen LogP contribution >= 0.6 is 0 Å². The van der Waals surface area contributed by atoms with Crippen LogP contribution in [-0.2, 0) is 0 Å². The molecule has 2 N–H and O–H groups in total. The van der Waals surface area contributed by atoms with Crippen LogP contribution in [-0.4, -0.2) is 4.98 Å². The second-order valence-electron chi connectivity index (χ2n) is 5.02. The third-order valence-electron chi connectivity index (χ3n) is 3.57. The molecule has 0 aliphatic heterocycles. The molecule has 2 aromatic carbocycles. The lowest BCUT2D eigenvalue weighted by Gasteiger charge is -2.11. The minimum Gasteiger partial charge on any atom is -0.455 e. The molecule has 0 fully saturated rings. The highest BCUT2D eigenvalue weighted by Crippen LogP contribution is 2.29. The maximum absolute atomic E-state index is 6.02. The van der Waals surface area contributed by atoms with Crippen LogP contribution in [0.3, 0.4) is 0 Å². The minimum absolute atomic E-state index is 0.0817. The van der Waals surface area contributed by atoms with E-state index in [9.17, 15) is 0 Å². The number of hydrogen-bond donors (Lipinski definition) is 1. The van der Waals surface area contributed by atoms with Crippen LogP contribution in [0.25, 0.3) is 10.9 Å². The molecule has 0 amide bonds. The van der Waals surface area contributed by atoms with Gasteiger partial charge in [0.2, 0.25) is 0 Å². The molecule has 3 rings (SSSR count). The number of benzene rings is 2. The van der Waals surface area contributed by atoms with E-state index in [1.165, 1.54) is 0 Å². The van der Waals surface area contributed by atoms with E-state index < -0.39 is 0 Å². The van der Waals surface area contributed by atoms with Crippen LogP contribution in [0.5, 0.6) is 11.5 Å². The largest absolute Gasteiger partial charge is 0.455 e. The smallest absolute Gasteiger partial charge is 0.153 e. The molecule has 3 nitrogen and oxygen atoms in total. The molecule has 106 valence electrons. The predicted molar refractivity (Wildman–Crippen MR) is 85.5 cm³/mol. The Kier molecular flexibility index (Phi) is 3.84. The summed E-state index contributed by atoms with van der Waals surface area (Å²) in [6.07, 6.45) is 2.70. The number of fused-ring (bicyclic) bond motifs is 1. The zero-order valence-electron chi connectivity index (χ0n) is 12.0. The molecule has 0 unspecified atom stereocenters. The Labute approximate surface area is 124 Å². The van der Waals surface area contributed by atoms with Gasteiger partial charge in [-0.15, -0.1) is 0 Å². The molecule has 1 aromatic heterocycles. The molecule has 0 aliphatic carbocycles. The first-order valence-electron chi connectivity index (χ1n) is 7.15. The number of para-hydroxylation sites is 1. The van der Waals surface area contributed by atoms with Crippen molar-refractivity contribution in [1.82, 2.24) is 4.98 Å². The summed E-state index contributed by atoms with van der Waals surface area (Å²) in [7, 11) is 0. The van der Waals surface area contributed by atoms with Crippen molar-refractivity contribution in [2.45, 2.75) is 19.4 Å². The number of ether oxygens (including phenoxy) is 1. The molecule has 3 heteroatoms. The van der Waals surface area contributed by atoms with Gasteiger partial charge < -0.3 is 10.5 Å². The molecule has 0 radical (unpaired) electrons. The standard InChI is InChI=1S/C18H18N2O/c1-2-16(19)13-8-10-15(11-9-13)21-17-7-3-5-14-6-4-12-20-18(14)17/h3-12,16H,2,19H2,1H3/t16-/m0/s1. The molecule has 0 aliphatic rings. The van der Waals surface area contributed by atoms with Gasteiger partial charge >= 0.3 is 0 Å². The summed E-state index contributed by atoms with van der Waals surface area (Å²) in [6, 6.07) is 17.9. The molecule has 21 heavy (non-hydrogen) atoms. The molecule has 0 saturated heterocycles. The van der Waals surface area contributed by atoms with Crippen LogP contribution < -0.4 is 10.5 Å².